The number of aryl methyl sites for hydroxylation is 3. The molecule has 1 aromatic carbocycles. The Balaban J connectivity index is 2.62. The lowest BCUT2D eigenvalue weighted by Crippen LogP contribution is -1.98. The molecule has 2 aromatic rings. The number of ether oxygens (including phenoxy) is 1. The molecule has 2 rings (SSSR count). The van der Waals surface area contributed by atoms with Gasteiger partial charge in [-0.2, -0.15) is 0 Å². The lowest BCUT2D eigenvalue weighted by atomic mass is 10.0. The number of methoxy groups -OCH3 is 1. The van der Waals surface area contributed by atoms with E-state index >= 15 is 0 Å². The summed E-state index contributed by atoms with van der Waals surface area (Å²) in [7, 11) is 1.69. The molecule has 0 unspecified atom stereocenters. The highest BCUT2D eigenvalue weighted by molar-refractivity contribution is 5.76. The minimum absolute atomic E-state index is 0.737. The Morgan fingerprint density at radius 1 is 1.06 bits per heavy atom. The Bertz CT molecular complexity index is 568. The summed E-state index contributed by atoms with van der Waals surface area (Å²) in [5.41, 5.74) is 11.9. The molecule has 1 aromatic heterocycles. The molecule has 0 atom stereocenters. The van der Waals surface area contributed by atoms with Crippen molar-refractivity contribution in [1.82, 2.24) is 4.98 Å². The second-order valence-electron chi connectivity index (χ2n) is 4.53. The molecular weight excluding hydrogens is 224 g/mol. The number of hydrogen-bond acceptors (Lipinski definition) is 3. The Kier molecular flexibility index (Phi) is 3.24. The summed E-state index contributed by atoms with van der Waals surface area (Å²) in [5, 5.41) is 0. The molecule has 0 saturated heterocycles. The van der Waals surface area contributed by atoms with Crippen LogP contribution in [0.3, 0.4) is 0 Å². The van der Waals surface area contributed by atoms with Crippen LogP contribution in [0.2, 0.25) is 0 Å². The van der Waals surface area contributed by atoms with Gasteiger partial charge in [-0.3, -0.25) is 4.98 Å². The second kappa shape index (κ2) is 4.69. The van der Waals surface area contributed by atoms with Gasteiger partial charge in [0.25, 0.3) is 0 Å². The van der Waals surface area contributed by atoms with Crippen molar-refractivity contribution in [2.45, 2.75) is 20.8 Å². The van der Waals surface area contributed by atoms with Crippen molar-refractivity contribution in [1.29, 1.82) is 0 Å². The van der Waals surface area contributed by atoms with Crippen molar-refractivity contribution in [2.75, 3.05) is 12.8 Å². The van der Waals surface area contributed by atoms with Crippen LogP contribution >= 0.6 is 0 Å². The van der Waals surface area contributed by atoms with E-state index in [1.165, 1.54) is 0 Å². The third-order valence-electron chi connectivity index (χ3n) is 3.15. The molecule has 0 aliphatic heterocycles. The predicted octanol–water partition coefficient (Wildman–Crippen LogP) is 3.26. The average Bonchev–Trinajstić information content (AvgIpc) is 2.32. The number of nitrogen functional groups attached to an aromatic ring is 1. The first-order chi connectivity index (χ1) is 8.54. The Hall–Kier alpha value is -2.03. The molecule has 0 bridgehead atoms. The van der Waals surface area contributed by atoms with E-state index in [2.05, 4.69) is 17.1 Å². The smallest absolute Gasteiger partial charge is 0.124 e. The van der Waals surface area contributed by atoms with Gasteiger partial charge in [-0.25, -0.2) is 0 Å². The highest BCUT2D eigenvalue weighted by atomic mass is 16.5. The minimum atomic E-state index is 0.737. The maximum Gasteiger partial charge on any atom is 0.124 e. The maximum atomic E-state index is 6.09. The van der Waals surface area contributed by atoms with E-state index in [0.717, 1.165) is 39.4 Å². The van der Waals surface area contributed by atoms with E-state index in [4.69, 9.17) is 10.5 Å². The zero-order valence-electron chi connectivity index (χ0n) is 11.2. The summed E-state index contributed by atoms with van der Waals surface area (Å²) in [5.74, 6) is 0.921. The average molecular weight is 242 g/mol. The largest absolute Gasteiger partial charge is 0.496 e. The molecule has 3 heteroatoms. The van der Waals surface area contributed by atoms with Crippen molar-refractivity contribution in [3.63, 3.8) is 0 Å². The molecule has 94 valence electrons. The fourth-order valence-electron chi connectivity index (χ4n) is 2.21. The number of nitrogens with zero attached hydrogens (tertiary/aromatic N) is 1. The number of pyridine rings is 1. The van der Waals surface area contributed by atoms with Crippen LogP contribution in [0, 0.1) is 20.8 Å². The number of benzene rings is 1. The highest BCUT2D eigenvalue weighted by Crippen LogP contribution is 2.32. The van der Waals surface area contributed by atoms with Crippen molar-refractivity contribution >= 4 is 5.69 Å². The first-order valence-corrected chi connectivity index (χ1v) is 5.91. The molecule has 0 saturated carbocycles. The summed E-state index contributed by atoms with van der Waals surface area (Å²) in [6, 6.07) is 6.04. The summed E-state index contributed by atoms with van der Waals surface area (Å²) in [6.45, 7) is 6.05. The SMILES string of the molecule is COc1c(C)cc(-c2nccc(C)c2N)cc1C. The van der Waals surface area contributed by atoms with Crippen LogP contribution in [-0.2, 0) is 0 Å². The van der Waals surface area contributed by atoms with E-state index in [1.807, 2.05) is 26.8 Å². The van der Waals surface area contributed by atoms with Crippen molar-refractivity contribution in [3.05, 3.63) is 41.1 Å². The number of aromatic nitrogens is 1. The molecule has 0 fully saturated rings. The van der Waals surface area contributed by atoms with Crippen LogP contribution in [0.1, 0.15) is 16.7 Å². The van der Waals surface area contributed by atoms with Crippen LogP contribution in [0.4, 0.5) is 5.69 Å². The molecule has 2 N–H and O–H groups in total. The summed E-state index contributed by atoms with van der Waals surface area (Å²) in [6.07, 6.45) is 1.79. The first kappa shape index (κ1) is 12.4. The van der Waals surface area contributed by atoms with Crippen LogP contribution in [0.5, 0.6) is 5.75 Å². The Labute approximate surface area is 108 Å². The third kappa shape index (κ3) is 2.04. The van der Waals surface area contributed by atoms with Crippen LogP contribution in [0.25, 0.3) is 11.3 Å². The van der Waals surface area contributed by atoms with E-state index in [9.17, 15) is 0 Å². The lowest BCUT2D eigenvalue weighted by molar-refractivity contribution is 0.408. The second-order valence-corrected chi connectivity index (χ2v) is 4.53. The lowest BCUT2D eigenvalue weighted by Gasteiger charge is -2.13. The number of rotatable bonds is 2. The Morgan fingerprint density at radius 3 is 2.22 bits per heavy atom. The maximum absolute atomic E-state index is 6.09. The van der Waals surface area contributed by atoms with Gasteiger partial charge >= 0.3 is 0 Å². The van der Waals surface area contributed by atoms with Gasteiger partial charge in [0, 0.05) is 11.8 Å². The van der Waals surface area contributed by atoms with Crippen molar-refractivity contribution in [3.8, 4) is 17.0 Å². The quantitative estimate of drug-likeness (QED) is 0.879. The van der Waals surface area contributed by atoms with Crippen molar-refractivity contribution < 1.29 is 4.74 Å². The normalized spacial score (nSPS) is 10.4. The molecule has 0 amide bonds. The summed E-state index contributed by atoms with van der Waals surface area (Å²) in [4.78, 5) is 4.38. The standard InChI is InChI=1S/C15H18N2O/c1-9-5-6-17-14(13(9)16)12-7-10(2)15(18-4)11(3)8-12/h5-8H,16H2,1-4H3. The third-order valence-corrected chi connectivity index (χ3v) is 3.15. The fourth-order valence-corrected chi connectivity index (χ4v) is 2.21. The van der Waals surface area contributed by atoms with Gasteiger partial charge in [-0.05, 0) is 55.7 Å². The van der Waals surface area contributed by atoms with Gasteiger partial charge in [0.2, 0.25) is 0 Å². The van der Waals surface area contributed by atoms with E-state index in [1.54, 1.807) is 13.3 Å². The highest BCUT2D eigenvalue weighted by Gasteiger charge is 2.10. The van der Waals surface area contributed by atoms with Gasteiger partial charge in [0.05, 0.1) is 18.5 Å². The van der Waals surface area contributed by atoms with Crippen LogP contribution < -0.4 is 10.5 Å². The van der Waals surface area contributed by atoms with Gasteiger partial charge in [0.1, 0.15) is 5.75 Å². The monoisotopic (exact) mass is 242 g/mol. The molecular formula is C15H18N2O. The zero-order chi connectivity index (χ0) is 13.3. The number of anilines is 1. The van der Waals surface area contributed by atoms with Crippen LogP contribution in [0.15, 0.2) is 24.4 Å². The minimum Gasteiger partial charge on any atom is -0.496 e. The molecule has 0 aliphatic rings. The zero-order valence-corrected chi connectivity index (χ0v) is 11.2. The summed E-state index contributed by atoms with van der Waals surface area (Å²) < 4.78 is 5.37. The molecule has 0 spiro atoms. The van der Waals surface area contributed by atoms with E-state index < -0.39 is 0 Å². The first-order valence-electron chi connectivity index (χ1n) is 5.91. The molecule has 0 aliphatic carbocycles. The molecule has 1 heterocycles. The number of hydrogen-bond donors (Lipinski definition) is 1. The van der Waals surface area contributed by atoms with Crippen LogP contribution in [-0.4, -0.2) is 12.1 Å². The van der Waals surface area contributed by atoms with E-state index in [0.29, 0.717) is 0 Å². The van der Waals surface area contributed by atoms with Gasteiger partial charge < -0.3 is 10.5 Å². The Morgan fingerprint density at radius 2 is 1.67 bits per heavy atom. The van der Waals surface area contributed by atoms with Crippen molar-refractivity contribution in [2.24, 2.45) is 0 Å². The van der Waals surface area contributed by atoms with Gasteiger partial charge in [-0.1, -0.05) is 0 Å². The molecule has 18 heavy (non-hydrogen) atoms. The topological polar surface area (TPSA) is 48.1 Å². The molecule has 0 radical (unpaired) electrons. The molecule has 3 nitrogen and oxygen atoms in total. The van der Waals surface area contributed by atoms with Gasteiger partial charge in [0.15, 0.2) is 0 Å². The predicted molar refractivity (Wildman–Crippen MR) is 74.8 cm³/mol. The summed E-state index contributed by atoms with van der Waals surface area (Å²) >= 11 is 0. The fraction of sp³-hybridized carbons (Fsp3) is 0.267. The number of nitrogens with two attached hydrogens (primary N) is 1. The van der Waals surface area contributed by atoms with E-state index in [-0.39, 0.29) is 0 Å². The van der Waals surface area contributed by atoms with Gasteiger partial charge in [-0.15, -0.1) is 0 Å².